The van der Waals surface area contributed by atoms with E-state index in [1.807, 2.05) is 23.9 Å². The molecule has 1 aliphatic heterocycles. The number of nitrogens with zero attached hydrogens (tertiary/aromatic N) is 3. The molecule has 2 rings (SSSR count). The van der Waals surface area contributed by atoms with Gasteiger partial charge in [-0.05, 0) is 51.6 Å². The predicted molar refractivity (Wildman–Crippen MR) is 98.6 cm³/mol. The van der Waals surface area contributed by atoms with E-state index in [1.165, 1.54) is 32.1 Å². The molecule has 6 nitrogen and oxygen atoms in total. The van der Waals surface area contributed by atoms with E-state index in [2.05, 4.69) is 4.90 Å². The molecule has 6 heteroatoms. The van der Waals surface area contributed by atoms with Crippen LogP contribution in [0.15, 0.2) is 0 Å². The first-order valence-electron chi connectivity index (χ1n) is 9.84. The van der Waals surface area contributed by atoms with Gasteiger partial charge in [0.05, 0.1) is 13.1 Å². The van der Waals surface area contributed by atoms with Gasteiger partial charge in [-0.3, -0.25) is 19.4 Å². The molecule has 0 aromatic carbocycles. The zero-order valence-corrected chi connectivity index (χ0v) is 16.0. The largest absolute Gasteiger partial charge is 0.480 e. The molecule has 2 fully saturated rings. The van der Waals surface area contributed by atoms with Gasteiger partial charge in [-0.1, -0.05) is 19.3 Å². The molecule has 1 atom stereocenters. The van der Waals surface area contributed by atoms with Crippen LogP contribution in [0.5, 0.6) is 0 Å². The Morgan fingerprint density at radius 1 is 1.00 bits per heavy atom. The Kier molecular flexibility index (Phi) is 8.16. The monoisotopic (exact) mass is 353 g/mol. The van der Waals surface area contributed by atoms with E-state index in [-0.39, 0.29) is 12.5 Å². The molecule has 1 aliphatic carbocycles. The Morgan fingerprint density at radius 2 is 1.72 bits per heavy atom. The average molecular weight is 354 g/mol. The van der Waals surface area contributed by atoms with Crippen LogP contribution in [0.3, 0.4) is 0 Å². The fraction of sp³-hybridized carbons (Fsp3) is 0.895. The first-order chi connectivity index (χ1) is 12.0. The molecule has 0 aromatic rings. The van der Waals surface area contributed by atoms with Crippen molar-refractivity contribution in [2.75, 3.05) is 46.8 Å². The molecule has 1 amide bonds. The predicted octanol–water partition coefficient (Wildman–Crippen LogP) is 1.90. The van der Waals surface area contributed by atoms with E-state index in [1.54, 1.807) is 0 Å². The molecule has 0 aromatic heterocycles. The number of amides is 1. The zero-order valence-electron chi connectivity index (χ0n) is 16.0. The molecule has 1 saturated carbocycles. The van der Waals surface area contributed by atoms with E-state index in [0.717, 1.165) is 38.9 Å². The SMILES string of the molecule is CN(CC1CCCCC1)C(=O)CN1CCCC(N(C)CC(=O)O)CC1. The number of carbonyl (C=O) groups is 2. The maximum Gasteiger partial charge on any atom is 0.317 e. The standard InChI is InChI=1S/C19H35N3O3/c1-20(15-19(24)25)17-9-6-11-22(12-10-17)14-18(23)21(2)13-16-7-4-3-5-8-16/h16-17H,3-15H2,1-2H3,(H,24,25). The summed E-state index contributed by atoms with van der Waals surface area (Å²) in [5.41, 5.74) is 0. The highest BCUT2D eigenvalue weighted by Gasteiger charge is 2.24. The third kappa shape index (κ3) is 6.94. The van der Waals surface area contributed by atoms with E-state index < -0.39 is 5.97 Å². The van der Waals surface area contributed by atoms with Crippen LogP contribution in [0.4, 0.5) is 0 Å². The second-order valence-corrected chi connectivity index (χ2v) is 7.95. The van der Waals surface area contributed by atoms with Crippen LogP contribution in [-0.2, 0) is 9.59 Å². The fourth-order valence-corrected chi connectivity index (χ4v) is 4.25. The molecule has 25 heavy (non-hydrogen) atoms. The fourth-order valence-electron chi connectivity index (χ4n) is 4.25. The molecule has 0 spiro atoms. The summed E-state index contributed by atoms with van der Waals surface area (Å²) in [5, 5.41) is 8.95. The minimum Gasteiger partial charge on any atom is -0.480 e. The summed E-state index contributed by atoms with van der Waals surface area (Å²) >= 11 is 0. The van der Waals surface area contributed by atoms with Gasteiger partial charge in [0.25, 0.3) is 0 Å². The summed E-state index contributed by atoms with van der Waals surface area (Å²) in [6, 6.07) is 0.302. The number of hydrogen-bond acceptors (Lipinski definition) is 4. The van der Waals surface area contributed by atoms with Gasteiger partial charge in [0.15, 0.2) is 0 Å². The number of aliphatic carboxylic acids is 1. The lowest BCUT2D eigenvalue weighted by Gasteiger charge is -2.29. The number of likely N-dealkylation sites (N-methyl/N-ethyl adjacent to an activating group) is 2. The van der Waals surface area contributed by atoms with E-state index in [9.17, 15) is 9.59 Å². The number of carboxylic acid groups (broad SMARTS) is 1. The molecule has 1 heterocycles. The van der Waals surface area contributed by atoms with E-state index in [4.69, 9.17) is 5.11 Å². The molecule has 1 unspecified atom stereocenters. The summed E-state index contributed by atoms with van der Waals surface area (Å²) in [6.07, 6.45) is 9.45. The third-order valence-corrected chi connectivity index (χ3v) is 5.84. The number of likely N-dealkylation sites (tertiary alicyclic amines) is 1. The van der Waals surface area contributed by atoms with E-state index in [0.29, 0.717) is 18.5 Å². The lowest BCUT2D eigenvalue weighted by Crippen LogP contribution is -2.41. The summed E-state index contributed by atoms with van der Waals surface area (Å²) in [6.45, 7) is 3.29. The van der Waals surface area contributed by atoms with Gasteiger partial charge in [0, 0.05) is 26.2 Å². The number of carbonyl (C=O) groups excluding carboxylic acids is 1. The lowest BCUT2D eigenvalue weighted by molar-refractivity contribution is -0.138. The zero-order chi connectivity index (χ0) is 18.2. The maximum absolute atomic E-state index is 12.6. The average Bonchev–Trinajstić information content (AvgIpc) is 2.80. The summed E-state index contributed by atoms with van der Waals surface area (Å²) in [4.78, 5) is 29.5. The van der Waals surface area contributed by atoms with Gasteiger partial charge in [-0.15, -0.1) is 0 Å². The van der Waals surface area contributed by atoms with Crippen LogP contribution in [0.1, 0.15) is 51.4 Å². The second kappa shape index (κ2) is 10.1. The molecule has 0 bridgehead atoms. The molecule has 1 N–H and O–H groups in total. The van der Waals surface area contributed by atoms with Crippen molar-refractivity contribution in [2.24, 2.45) is 5.92 Å². The highest BCUT2D eigenvalue weighted by atomic mass is 16.4. The number of rotatable bonds is 7. The van der Waals surface area contributed by atoms with Crippen molar-refractivity contribution < 1.29 is 14.7 Å². The second-order valence-electron chi connectivity index (χ2n) is 7.95. The number of hydrogen-bond donors (Lipinski definition) is 1. The quantitative estimate of drug-likeness (QED) is 0.757. The van der Waals surface area contributed by atoms with Crippen molar-refractivity contribution in [3.05, 3.63) is 0 Å². The number of carboxylic acids is 1. The van der Waals surface area contributed by atoms with Crippen molar-refractivity contribution in [3.63, 3.8) is 0 Å². The molecule has 0 radical (unpaired) electrons. The van der Waals surface area contributed by atoms with Gasteiger partial charge in [-0.2, -0.15) is 0 Å². The van der Waals surface area contributed by atoms with E-state index >= 15 is 0 Å². The van der Waals surface area contributed by atoms with Crippen LogP contribution in [0.25, 0.3) is 0 Å². The minimum atomic E-state index is -0.775. The van der Waals surface area contributed by atoms with Crippen molar-refractivity contribution in [2.45, 2.75) is 57.4 Å². The summed E-state index contributed by atoms with van der Waals surface area (Å²) in [7, 11) is 3.83. The smallest absolute Gasteiger partial charge is 0.317 e. The molecule has 144 valence electrons. The van der Waals surface area contributed by atoms with Crippen LogP contribution in [0.2, 0.25) is 0 Å². The molecular formula is C19H35N3O3. The molecule has 2 aliphatic rings. The van der Waals surface area contributed by atoms with Crippen LogP contribution in [0, 0.1) is 5.92 Å². The van der Waals surface area contributed by atoms with Crippen molar-refractivity contribution in [3.8, 4) is 0 Å². The van der Waals surface area contributed by atoms with Gasteiger partial charge in [0.1, 0.15) is 0 Å². The Labute approximate surface area is 152 Å². The van der Waals surface area contributed by atoms with Crippen LogP contribution in [-0.4, -0.2) is 84.5 Å². The highest BCUT2D eigenvalue weighted by Crippen LogP contribution is 2.24. The van der Waals surface area contributed by atoms with Gasteiger partial charge in [0.2, 0.25) is 5.91 Å². The van der Waals surface area contributed by atoms with Crippen LogP contribution < -0.4 is 0 Å². The lowest BCUT2D eigenvalue weighted by atomic mass is 9.89. The minimum absolute atomic E-state index is 0.0910. The van der Waals surface area contributed by atoms with Gasteiger partial charge in [-0.25, -0.2) is 0 Å². The van der Waals surface area contributed by atoms with Gasteiger partial charge < -0.3 is 10.0 Å². The van der Waals surface area contributed by atoms with Crippen molar-refractivity contribution in [1.82, 2.24) is 14.7 Å². The summed E-state index contributed by atoms with van der Waals surface area (Å²) in [5.74, 6) is 0.131. The molecular weight excluding hydrogens is 318 g/mol. The normalized spacial score (nSPS) is 23.4. The topological polar surface area (TPSA) is 64.1 Å². The first-order valence-corrected chi connectivity index (χ1v) is 9.84. The third-order valence-electron chi connectivity index (χ3n) is 5.84. The highest BCUT2D eigenvalue weighted by molar-refractivity contribution is 5.78. The summed E-state index contributed by atoms with van der Waals surface area (Å²) < 4.78 is 0. The Hall–Kier alpha value is -1.14. The molecule has 1 saturated heterocycles. The Morgan fingerprint density at radius 3 is 2.40 bits per heavy atom. The van der Waals surface area contributed by atoms with Gasteiger partial charge >= 0.3 is 5.97 Å². The van der Waals surface area contributed by atoms with Crippen molar-refractivity contribution >= 4 is 11.9 Å². The van der Waals surface area contributed by atoms with Crippen molar-refractivity contribution in [1.29, 1.82) is 0 Å². The Bertz CT molecular complexity index is 438. The van der Waals surface area contributed by atoms with Crippen LogP contribution >= 0.6 is 0 Å². The Balaban J connectivity index is 1.74. The maximum atomic E-state index is 12.6. The first kappa shape index (κ1) is 20.2.